The second-order valence-electron chi connectivity index (χ2n) is 4.67. The number of nitrogens with one attached hydrogen (secondary N) is 1. The average Bonchev–Trinajstić information content (AvgIpc) is 2.27. The molecule has 1 saturated carbocycles. The molecule has 0 bridgehead atoms. The zero-order chi connectivity index (χ0) is 12.3. The minimum Gasteiger partial charge on any atom is -0.376 e. The first kappa shape index (κ1) is 12.9. The van der Waals surface area contributed by atoms with Crippen molar-refractivity contribution in [1.29, 1.82) is 0 Å². The van der Waals surface area contributed by atoms with Gasteiger partial charge in [0, 0.05) is 12.1 Å². The largest absolute Gasteiger partial charge is 0.376 e. The van der Waals surface area contributed by atoms with Gasteiger partial charge in [-0.2, -0.15) is 0 Å². The smallest absolute Gasteiger partial charge is 0.0872 e. The molecular weight excluding hydrogens is 234 g/mol. The van der Waals surface area contributed by atoms with Crippen molar-refractivity contribution in [1.82, 2.24) is 5.32 Å². The molecule has 2 rings (SSSR count). The highest BCUT2D eigenvalue weighted by Gasteiger charge is 2.44. The maximum Gasteiger partial charge on any atom is 0.0872 e. The Bertz CT molecular complexity index is 371. The van der Waals surface area contributed by atoms with Crippen molar-refractivity contribution in [3.05, 3.63) is 34.9 Å². The lowest BCUT2D eigenvalue weighted by Crippen LogP contribution is -2.50. The Kier molecular flexibility index (Phi) is 4.08. The standard InChI is InChI=1S/C14H20ClNO/c1-3-16-13(14(17-2)8-5-9-14)11-6-4-7-12(15)10-11/h4,6-7,10,13,16H,3,5,8-9H2,1-2H3. The summed E-state index contributed by atoms with van der Waals surface area (Å²) >= 11 is 6.07. The molecular formula is C14H20ClNO. The molecule has 2 nitrogen and oxygen atoms in total. The third-order valence-electron chi connectivity index (χ3n) is 3.72. The van der Waals surface area contributed by atoms with E-state index in [1.165, 1.54) is 12.0 Å². The van der Waals surface area contributed by atoms with Gasteiger partial charge < -0.3 is 10.1 Å². The summed E-state index contributed by atoms with van der Waals surface area (Å²) in [6.07, 6.45) is 3.48. The molecule has 0 aliphatic heterocycles. The minimum atomic E-state index is -0.0410. The van der Waals surface area contributed by atoms with Crippen molar-refractivity contribution in [2.24, 2.45) is 0 Å². The summed E-state index contributed by atoms with van der Waals surface area (Å²) in [5.74, 6) is 0. The summed E-state index contributed by atoms with van der Waals surface area (Å²) in [6.45, 7) is 3.06. The lowest BCUT2D eigenvalue weighted by molar-refractivity contribution is -0.0995. The van der Waals surface area contributed by atoms with E-state index < -0.39 is 0 Å². The van der Waals surface area contributed by atoms with E-state index in [1.54, 1.807) is 0 Å². The van der Waals surface area contributed by atoms with Crippen LogP contribution in [0.5, 0.6) is 0 Å². The average molecular weight is 254 g/mol. The number of halogens is 1. The lowest BCUT2D eigenvalue weighted by atomic mass is 9.72. The summed E-state index contributed by atoms with van der Waals surface area (Å²) in [5.41, 5.74) is 1.18. The summed E-state index contributed by atoms with van der Waals surface area (Å²) in [7, 11) is 1.81. The fourth-order valence-corrected chi connectivity index (χ4v) is 2.83. The molecule has 1 aliphatic rings. The highest BCUT2D eigenvalue weighted by Crippen LogP contribution is 2.45. The van der Waals surface area contributed by atoms with E-state index >= 15 is 0 Å². The SMILES string of the molecule is CCNC(c1cccc(Cl)c1)C1(OC)CCC1. The molecule has 1 atom stereocenters. The highest BCUT2D eigenvalue weighted by molar-refractivity contribution is 6.30. The first-order chi connectivity index (χ1) is 8.22. The van der Waals surface area contributed by atoms with Gasteiger partial charge in [0.15, 0.2) is 0 Å². The molecule has 17 heavy (non-hydrogen) atoms. The zero-order valence-corrected chi connectivity index (χ0v) is 11.3. The molecule has 94 valence electrons. The fourth-order valence-electron chi connectivity index (χ4n) is 2.63. The molecule has 0 amide bonds. The summed E-state index contributed by atoms with van der Waals surface area (Å²) in [5, 5.41) is 4.32. The second-order valence-corrected chi connectivity index (χ2v) is 5.10. The van der Waals surface area contributed by atoms with Crippen LogP contribution in [-0.2, 0) is 4.74 Å². The van der Waals surface area contributed by atoms with Crippen LogP contribution in [0.3, 0.4) is 0 Å². The summed E-state index contributed by atoms with van der Waals surface area (Å²) < 4.78 is 5.78. The van der Waals surface area contributed by atoms with Gasteiger partial charge in [-0.25, -0.2) is 0 Å². The summed E-state index contributed by atoms with van der Waals surface area (Å²) in [6, 6.07) is 8.31. The number of hydrogen-bond donors (Lipinski definition) is 1. The predicted molar refractivity (Wildman–Crippen MR) is 71.5 cm³/mol. The van der Waals surface area contributed by atoms with Gasteiger partial charge in [-0.3, -0.25) is 0 Å². The Hall–Kier alpha value is -0.570. The van der Waals surface area contributed by atoms with Gasteiger partial charge in [0.1, 0.15) is 0 Å². The Morgan fingerprint density at radius 1 is 1.47 bits per heavy atom. The second kappa shape index (κ2) is 5.38. The molecule has 0 aromatic heterocycles. The van der Waals surface area contributed by atoms with Gasteiger partial charge in [0.25, 0.3) is 0 Å². The number of rotatable bonds is 5. The van der Waals surface area contributed by atoms with Crippen LogP contribution >= 0.6 is 11.6 Å². The maximum atomic E-state index is 6.07. The maximum absolute atomic E-state index is 6.07. The van der Waals surface area contributed by atoms with E-state index in [-0.39, 0.29) is 11.6 Å². The van der Waals surface area contributed by atoms with Crippen LogP contribution in [0.4, 0.5) is 0 Å². The Balaban J connectivity index is 2.28. The van der Waals surface area contributed by atoms with Gasteiger partial charge in [-0.05, 0) is 43.5 Å². The molecule has 3 heteroatoms. The van der Waals surface area contributed by atoms with Crippen molar-refractivity contribution < 1.29 is 4.74 Å². The van der Waals surface area contributed by atoms with Gasteiger partial charge in [0.2, 0.25) is 0 Å². The van der Waals surface area contributed by atoms with Gasteiger partial charge in [-0.15, -0.1) is 0 Å². The van der Waals surface area contributed by atoms with E-state index in [2.05, 4.69) is 18.3 Å². The number of benzene rings is 1. The third-order valence-corrected chi connectivity index (χ3v) is 3.96. The van der Waals surface area contributed by atoms with Crippen LogP contribution in [0.15, 0.2) is 24.3 Å². The number of ether oxygens (including phenoxy) is 1. The molecule has 1 aromatic carbocycles. The van der Waals surface area contributed by atoms with Gasteiger partial charge in [0.05, 0.1) is 11.6 Å². The highest BCUT2D eigenvalue weighted by atomic mass is 35.5. The molecule has 0 radical (unpaired) electrons. The van der Waals surface area contributed by atoms with E-state index in [1.807, 2.05) is 25.3 Å². The molecule has 0 saturated heterocycles. The van der Waals surface area contributed by atoms with Crippen molar-refractivity contribution in [2.75, 3.05) is 13.7 Å². The van der Waals surface area contributed by atoms with Crippen LogP contribution in [0.2, 0.25) is 5.02 Å². The van der Waals surface area contributed by atoms with Crippen LogP contribution in [-0.4, -0.2) is 19.3 Å². The number of methoxy groups -OCH3 is 1. The molecule has 0 spiro atoms. The fraction of sp³-hybridized carbons (Fsp3) is 0.571. The molecule has 1 fully saturated rings. The van der Waals surface area contributed by atoms with E-state index in [0.717, 1.165) is 24.4 Å². The van der Waals surface area contributed by atoms with Crippen LogP contribution in [0.1, 0.15) is 37.8 Å². The van der Waals surface area contributed by atoms with Crippen LogP contribution in [0, 0.1) is 0 Å². The van der Waals surface area contributed by atoms with Crippen LogP contribution in [0.25, 0.3) is 0 Å². The molecule has 0 heterocycles. The Morgan fingerprint density at radius 2 is 2.24 bits per heavy atom. The predicted octanol–water partition coefficient (Wildman–Crippen LogP) is 3.56. The monoisotopic (exact) mass is 253 g/mol. The minimum absolute atomic E-state index is 0.0410. The third kappa shape index (κ3) is 2.49. The molecule has 1 aromatic rings. The molecule has 1 aliphatic carbocycles. The summed E-state index contributed by atoms with van der Waals surface area (Å²) in [4.78, 5) is 0. The van der Waals surface area contributed by atoms with E-state index in [9.17, 15) is 0 Å². The van der Waals surface area contributed by atoms with Crippen molar-refractivity contribution >= 4 is 11.6 Å². The molecule has 1 N–H and O–H groups in total. The van der Waals surface area contributed by atoms with E-state index in [4.69, 9.17) is 16.3 Å². The normalized spacial score (nSPS) is 19.7. The lowest BCUT2D eigenvalue weighted by Gasteiger charge is -2.47. The zero-order valence-electron chi connectivity index (χ0n) is 10.5. The van der Waals surface area contributed by atoms with Gasteiger partial charge >= 0.3 is 0 Å². The van der Waals surface area contributed by atoms with Crippen molar-refractivity contribution in [3.63, 3.8) is 0 Å². The number of likely N-dealkylation sites (N-methyl/N-ethyl adjacent to an activating group) is 1. The first-order valence-electron chi connectivity index (χ1n) is 6.26. The van der Waals surface area contributed by atoms with Crippen LogP contribution < -0.4 is 5.32 Å². The number of hydrogen-bond acceptors (Lipinski definition) is 2. The van der Waals surface area contributed by atoms with Gasteiger partial charge in [-0.1, -0.05) is 30.7 Å². The topological polar surface area (TPSA) is 21.3 Å². The van der Waals surface area contributed by atoms with Crippen molar-refractivity contribution in [2.45, 2.75) is 37.8 Å². The Morgan fingerprint density at radius 3 is 2.71 bits per heavy atom. The molecule has 1 unspecified atom stereocenters. The van der Waals surface area contributed by atoms with E-state index in [0.29, 0.717) is 0 Å². The first-order valence-corrected chi connectivity index (χ1v) is 6.63. The van der Waals surface area contributed by atoms with Crippen molar-refractivity contribution in [3.8, 4) is 0 Å². The Labute approximate surface area is 108 Å². The quantitative estimate of drug-likeness (QED) is 0.866.